The zero-order valence-corrected chi connectivity index (χ0v) is 16.8. The summed E-state index contributed by atoms with van der Waals surface area (Å²) in [5, 5.41) is 0. The Morgan fingerprint density at radius 3 is 2.77 bits per heavy atom. The number of fused-ring (bicyclic) bond motifs is 3. The SMILES string of the molecule is Cc1nc2c(c3c1CCC3)CN(C(=O)[C@@H]1CCN(c3ccnc(C(F)(F)F)c3)C1)C2. The molecule has 0 saturated carbocycles. The van der Waals surface area contributed by atoms with E-state index in [9.17, 15) is 18.0 Å². The third-order valence-corrected chi connectivity index (χ3v) is 6.61. The maximum Gasteiger partial charge on any atom is 0.433 e. The molecule has 3 aliphatic rings. The first-order chi connectivity index (χ1) is 14.3. The van der Waals surface area contributed by atoms with Crippen molar-refractivity contribution in [3.63, 3.8) is 0 Å². The molecule has 0 radical (unpaired) electrons. The second-order valence-corrected chi connectivity index (χ2v) is 8.46. The molecule has 1 atom stereocenters. The number of rotatable bonds is 2. The number of carbonyl (C=O) groups excluding carboxylic acids is 1. The molecule has 5 nitrogen and oxygen atoms in total. The highest BCUT2D eigenvalue weighted by Gasteiger charge is 2.37. The van der Waals surface area contributed by atoms with Crippen LogP contribution in [0.5, 0.6) is 0 Å². The molecule has 0 N–H and O–H groups in total. The van der Waals surface area contributed by atoms with Crippen LogP contribution >= 0.6 is 0 Å². The fourth-order valence-corrected chi connectivity index (χ4v) is 5.11. The number of carbonyl (C=O) groups is 1. The van der Waals surface area contributed by atoms with Gasteiger partial charge < -0.3 is 9.80 Å². The minimum atomic E-state index is -4.47. The number of aryl methyl sites for hydroxylation is 1. The van der Waals surface area contributed by atoms with Crippen LogP contribution in [0, 0.1) is 12.8 Å². The van der Waals surface area contributed by atoms with Crippen LogP contribution in [0.2, 0.25) is 0 Å². The van der Waals surface area contributed by atoms with Crippen LogP contribution in [0.1, 0.15) is 46.6 Å². The molecule has 2 aromatic rings. The van der Waals surface area contributed by atoms with Crippen molar-refractivity contribution in [3.05, 3.63) is 52.1 Å². The quantitative estimate of drug-likeness (QED) is 0.750. The van der Waals surface area contributed by atoms with Crippen molar-refractivity contribution in [2.45, 2.75) is 51.9 Å². The average molecular weight is 416 g/mol. The van der Waals surface area contributed by atoms with E-state index in [1.54, 1.807) is 6.07 Å². The van der Waals surface area contributed by atoms with Gasteiger partial charge >= 0.3 is 6.18 Å². The number of halogens is 3. The van der Waals surface area contributed by atoms with Crippen molar-refractivity contribution in [2.75, 3.05) is 18.0 Å². The molecule has 30 heavy (non-hydrogen) atoms. The molecule has 0 bridgehead atoms. The number of nitrogens with zero attached hydrogens (tertiary/aromatic N) is 4. The normalized spacial score (nSPS) is 20.6. The van der Waals surface area contributed by atoms with Crippen molar-refractivity contribution >= 4 is 11.6 Å². The minimum Gasteiger partial charge on any atom is -0.371 e. The average Bonchev–Trinajstić information content (AvgIpc) is 3.45. The van der Waals surface area contributed by atoms with E-state index in [1.807, 2.05) is 16.7 Å². The predicted molar refractivity (Wildman–Crippen MR) is 105 cm³/mol. The Kier molecular flexibility index (Phi) is 4.48. The summed E-state index contributed by atoms with van der Waals surface area (Å²) in [4.78, 5) is 25.1. The highest BCUT2D eigenvalue weighted by Crippen LogP contribution is 2.36. The van der Waals surface area contributed by atoms with Gasteiger partial charge in [-0.15, -0.1) is 0 Å². The molecule has 158 valence electrons. The lowest BCUT2D eigenvalue weighted by Crippen LogP contribution is -2.34. The Labute approximate surface area is 172 Å². The van der Waals surface area contributed by atoms with Gasteiger partial charge in [-0.1, -0.05) is 0 Å². The van der Waals surface area contributed by atoms with Crippen molar-refractivity contribution in [2.24, 2.45) is 5.92 Å². The van der Waals surface area contributed by atoms with E-state index in [0.717, 1.165) is 36.7 Å². The molecule has 4 heterocycles. The van der Waals surface area contributed by atoms with Crippen molar-refractivity contribution in [1.29, 1.82) is 0 Å². The first-order valence-electron chi connectivity index (χ1n) is 10.4. The number of amides is 1. The molecule has 1 fully saturated rings. The summed E-state index contributed by atoms with van der Waals surface area (Å²) >= 11 is 0. The third kappa shape index (κ3) is 3.22. The Morgan fingerprint density at radius 1 is 1.17 bits per heavy atom. The second kappa shape index (κ2) is 6.96. The molecule has 1 aliphatic carbocycles. The van der Waals surface area contributed by atoms with Gasteiger partial charge in [0.25, 0.3) is 0 Å². The van der Waals surface area contributed by atoms with Gasteiger partial charge in [0.2, 0.25) is 5.91 Å². The molecule has 0 spiro atoms. The van der Waals surface area contributed by atoms with Crippen LogP contribution in [0.25, 0.3) is 0 Å². The summed E-state index contributed by atoms with van der Waals surface area (Å²) in [6.45, 7) is 4.18. The fraction of sp³-hybridized carbons (Fsp3) is 0.500. The van der Waals surface area contributed by atoms with Gasteiger partial charge in [0.15, 0.2) is 0 Å². The van der Waals surface area contributed by atoms with Crippen molar-refractivity contribution in [1.82, 2.24) is 14.9 Å². The summed E-state index contributed by atoms with van der Waals surface area (Å²) in [7, 11) is 0. The Hall–Kier alpha value is -2.64. The van der Waals surface area contributed by atoms with Crippen LogP contribution in [-0.2, 0) is 36.9 Å². The van der Waals surface area contributed by atoms with E-state index in [1.165, 1.54) is 22.9 Å². The van der Waals surface area contributed by atoms with E-state index in [-0.39, 0.29) is 11.8 Å². The van der Waals surface area contributed by atoms with Gasteiger partial charge in [-0.25, -0.2) is 0 Å². The molecule has 8 heteroatoms. The van der Waals surface area contributed by atoms with Crippen molar-refractivity contribution in [3.8, 4) is 0 Å². The second-order valence-electron chi connectivity index (χ2n) is 8.46. The summed E-state index contributed by atoms with van der Waals surface area (Å²) in [6, 6.07) is 2.64. The van der Waals surface area contributed by atoms with Crippen LogP contribution in [0.15, 0.2) is 18.3 Å². The van der Waals surface area contributed by atoms with Crippen molar-refractivity contribution < 1.29 is 18.0 Å². The first-order valence-corrected chi connectivity index (χ1v) is 10.4. The largest absolute Gasteiger partial charge is 0.433 e. The van der Waals surface area contributed by atoms with Gasteiger partial charge in [-0.3, -0.25) is 14.8 Å². The van der Waals surface area contributed by atoms with Gasteiger partial charge in [0.1, 0.15) is 5.69 Å². The highest BCUT2D eigenvalue weighted by atomic mass is 19.4. The lowest BCUT2D eigenvalue weighted by Gasteiger charge is -2.22. The Balaban J connectivity index is 1.30. The summed E-state index contributed by atoms with van der Waals surface area (Å²) in [5.74, 6) is -0.138. The topological polar surface area (TPSA) is 49.3 Å². The Morgan fingerprint density at radius 2 is 1.97 bits per heavy atom. The van der Waals surface area contributed by atoms with E-state index >= 15 is 0 Å². The molecular weight excluding hydrogens is 393 g/mol. The molecule has 2 aliphatic heterocycles. The van der Waals surface area contributed by atoms with Gasteiger partial charge in [0.05, 0.1) is 18.2 Å². The predicted octanol–water partition coefficient (Wildman–Crippen LogP) is 3.66. The van der Waals surface area contributed by atoms with Gasteiger partial charge in [-0.05, 0) is 61.4 Å². The van der Waals surface area contributed by atoms with E-state index in [0.29, 0.717) is 38.3 Å². The van der Waals surface area contributed by atoms with Crippen LogP contribution in [-0.4, -0.2) is 33.9 Å². The maximum atomic E-state index is 13.2. The minimum absolute atomic E-state index is 0.0741. The standard InChI is InChI=1S/C22H23F3N4O/c1-13-16-3-2-4-17(16)18-11-29(12-19(18)27-13)21(30)14-6-8-28(10-14)15-5-7-26-20(9-15)22(23,24)25/h5,7,9,14H,2-4,6,8,10-12H2,1H3/t14-/m1/s1. The molecule has 0 aromatic carbocycles. The summed E-state index contributed by atoms with van der Waals surface area (Å²) in [6.07, 6.45) is 0.616. The van der Waals surface area contributed by atoms with Crippen LogP contribution < -0.4 is 4.90 Å². The zero-order chi connectivity index (χ0) is 21.0. The first kappa shape index (κ1) is 19.3. The summed E-state index contributed by atoms with van der Waals surface area (Å²) in [5.41, 5.74) is 5.62. The molecular formula is C22H23F3N4O. The molecule has 5 rings (SSSR count). The third-order valence-electron chi connectivity index (χ3n) is 6.61. The van der Waals surface area contributed by atoms with E-state index < -0.39 is 11.9 Å². The maximum absolute atomic E-state index is 13.2. The molecule has 1 saturated heterocycles. The number of hydrogen-bond donors (Lipinski definition) is 0. The Bertz CT molecular complexity index is 1020. The number of anilines is 1. The smallest absolute Gasteiger partial charge is 0.371 e. The van der Waals surface area contributed by atoms with E-state index in [4.69, 9.17) is 4.98 Å². The number of hydrogen-bond acceptors (Lipinski definition) is 4. The zero-order valence-electron chi connectivity index (χ0n) is 16.8. The number of alkyl halides is 3. The lowest BCUT2D eigenvalue weighted by molar-refractivity contribution is -0.141. The van der Waals surface area contributed by atoms with E-state index in [2.05, 4.69) is 4.98 Å². The molecule has 0 unspecified atom stereocenters. The number of pyridine rings is 2. The lowest BCUT2D eigenvalue weighted by atomic mass is 10.0. The van der Waals surface area contributed by atoms with Crippen LogP contribution in [0.4, 0.5) is 18.9 Å². The van der Waals surface area contributed by atoms with Gasteiger partial charge in [0, 0.05) is 37.2 Å². The van der Waals surface area contributed by atoms with Crippen LogP contribution in [0.3, 0.4) is 0 Å². The highest BCUT2D eigenvalue weighted by molar-refractivity contribution is 5.81. The van der Waals surface area contributed by atoms with Gasteiger partial charge in [-0.2, -0.15) is 13.2 Å². The fourth-order valence-electron chi connectivity index (χ4n) is 5.11. The monoisotopic (exact) mass is 416 g/mol. The molecule has 1 amide bonds. The molecule has 2 aromatic heterocycles. The summed E-state index contributed by atoms with van der Waals surface area (Å²) < 4.78 is 38.9. The number of aromatic nitrogens is 2.